The van der Waals surface area contributed by atoms with Crippen molar-refractivity contribution in [2.45, 2.75) is 49.2 Å². The molecule has 2 aliphatic heterocycles. The highest BCUT2D eigenvalue weighted by molar-refractivity contribution is 5.79. The standard InChI is InChI=1S/C21H22F3N7O3.C20H20F3N7O3/c1-29-8-5-14(6-9-29)20(32,21(22,23)24)15-2-3-17(27-11-15)30-12-13(10-28-30)16-4-7-26-19(25)18(16)31(33)34;21-20(22,23)19(31,13-3-6-25-7-4-13)14-1-2-16(27-10-14)29-11-12(9-28-29)15-5-8-26-18(24)17(15)30(32)33/h2-4,7,10-12,14,32H,5-6,8-9H2,1H3,(H2,25,26);1-2,5,8-11,13,25,31H,3-4,6-7H2,(H2,24,26). The number of nitro groups is 2. The Kier molecular flexibility index (Phi) is 13.3. The van der Waals surface area contributed by atoms with Crippen molar-refractivity contribution >= 4 is 23.0 Å². The molecule has 0 aliphatic carbocycles. The fraction of sp³-hybridized carbons (Fsp3) is 0.366. The van der Waals surface area contributed by atoms with Gasteiger partial charge in [-0.15, -0.1) is 0 Å². The van der Waals surface area contributed by atoms with Gasteiger partial charge in [-0.05, 0) is 83.2 Å². The summed E-state index contributed by atoms with van der Waals surface area (Å²) in [5.74, 6) is -2.15. The van der Waals surface area contributed by atoms with Crippen molar-refractivity contribution in [1.29, 1.82) is 0 Å². The smallest absolute Gasteiger partial charge is 0.378 e. The number of nitrogens with one attached hydrogen (secondary N) is 1. The molecule has 0 bridgehead atoms. The SMILES string of the molecule is CN1CCC(C(O)(c2ccc(-n3cc(-c4ccnc(N)c4[N+](=O)[O-])cn3)nc2)C(F)(F)F)CC1.Nc1nccc(-c2cnn(-c3ccc(C(O)(C4CCNCC4)C(F)(F)F)cn3)c2)c1[N+](=O)[O-]. The van der Waals surface area contributed by atoms with Crippen LogP contribution in [0.1, 0.15) is 36.8 Å². The summed E-state index contributed by atoms with van der Waals surface area (Å²) < 4.78 is 86.5. The largest absolute Gasteiger partial charge is 0.421 e. The Morgan fingerprint density at radius 3 is 1.40 bits per heavy atom. The lowest BCUT2D eigenvalue weighted by atomic mass is 9.76. The van der Waals surface area contributed by atoms with Crippen LogP contribution in [0.25, 0.3) is 33.9 Å². The number of nitrogens with zero attached hydrogens (tertiary/aromatic N) is 11. The summed E-state index contributed by atoms with van der Waals surface area (Å²) in [6.45, 7) is 1.68. The normalized spacial score (nSPS) is 17.2. The van der Waals surface area contributed by atoms with E-state index in [1.807, 2.05) is 11.9 Å². The van der Waals surface area contributed by atoms with Gasteiger partial charge < -0.3 is 31.9 Å². The number of nitrogens with two attached hydrogens (primary N) is 2. The molecule has 6 aromatic rings. The van der Waals surface area contributed by atoms with Crippen LogP contribution in [0.5, 0.6) is 0 Å². The van der Waals surface area contributed by atoms with Gasteiger partial charge in [0, 0.05) is 71.3 Å². The van der Waals surface area contributed by atoms with Crippen LogP contribution in [-0.2, 0) is 11.2 Å². The van der Waals surface area contributed by atoms with Gasteiger partial charge in [-0.3, -0.25) is 20.2 Å². The summed E-state index contributed by atoms with van der Waals surface area (Å²) in [6.07, 6.45) is 1.19. The average molecular weight is 941 g/mol. The summed E-state index contributed by atoms with van der Waals surface area (Å²) in [5.41, 5.74) is 4.83. The number of likely N-dealkylation sites (tertiary alicyclic amines) is 1. The van der Waals surface area contributed by atoms with E-state index in [9.17, 15) is 56.8 Å². The molecule has 0 amide bonds. The van der Waals surface area contributed by atoms with Crippen molar-refractivity contribution in [2.75, 3.05) is 44.7 Å². The quantitative estimate of drug-likeness (QED) is 0.0646. The molecule has 2 fully saturated rings. The van der Waals surface area contributed by atoms with Gasteiger partial charge in [-0.1, -0.05) is 12.1 Å². The minimum atomic E-state index is -4.88. The van der Waals surface area contributed by atoms with Gasteiger partial charge >= 0.3 is 23.7 Å². The number of piperidine rings is 2. The molecule has 2 aliphatic rings. The number of halogens is 6. The van der Waals surface area contributed by atoms with Crippen LogP contribution >= 0.6 is 0 Å². The number of aliphatic hydroxyl groups is 2. The molecule has 26 heteroatoms. The van der Waals surface area contributed by atoms with Crippen molar-refractivity contribution in [2.24, 2.45) is 11.8 Å². The highest BCUT2D eigenvalue weighted by Gasteiger charge is 2.60. The van der Waals surface area contributed by atoms with E-state index in [4.69, 9.17) is 11.5 Å². The predicted molar refractivity (Wildman–Crippen MR) is 227 cm³/mol. The second-order valence-electron chi connectivity index (χ2n) is 16.0. The Morgan fingerprint density at radius 2 is 1.04 bits per heavy atom. The zero-order valence-electron chi connectivity index (χ0n) is 35.3. The highest BCUT2D eigenvalue weighted by atomic mass is 19.4. The number of aromatic nitrogens is 8. The number of rotatable bonds is 10. The lowest BCUT2D eigenvalue weighted by Gasteiger charge is -2.41. The van der Waals surface area contributed by atoms with E-state index in [1.54, 1.807) is 0 Å². The van der Waals surface area contributed by atoms with Gasteiger partial charge in [-0.25, -0.2) is 29.3 Å². The highest BCUT2D eigenvalue weighted by Crippen LogP contribution is 2.49. The summed E-state index contributed by atoms with van der Waals surface area (Å²) in [5, 5.41) is 55.6. The third-order valence-corrected chi connectivity index (χ3v) is 12.0. The number of hydrogen-bond donors (Lipinski definition) is 5. The van der Waals surface area contributed by atoms with Gasteiger partial charge in [0.1, 0.15) is 0 Å². The number of pyridine rings is 4. The molecular formula is C41H42F6N14O6. The van der Waals surface area contributed by atoms with Crippen LogP contribution < -0.4 is 16.8 Å². The third-order valence-electron chi connectivity index (χ3n) is 12.0. The van der Waals surface area contributed by atoms with Crippen molar-refractivity contribution in [3.63, 3.8) is 0 Å². The number of hydrogen-bond acceptors (Lipinski definition) is 16. The van der Waals surface area contributed by atoms with E-state index in [-0.39, 0.29) is 82.6 Å². The molecular weight excluding hydrogens is 899 g/mol. The van der Waals surface area contributed by atoms with Crippen LogP contribution in [0.3, 0.4) is 0 Å². The summed E-state index contributed by atoms with van der Waals surface area (Å²) >= 11 is 0. The summed E-state index contributed by atoms with van der Waals surface area (Å²) in [7, 11) is 1.83. The maximum atomic E-state index is 14.0. The zero-order chi connectivity index (χ0) is 48.5. The second-order valence-corrected chi connectivity index (χ2v) is 16.0. The Bertz CT molecular complexity index is 2720. The molecule has 8 heterocycles. The van der Waals surface area contributed by atoms with E-state index in [1.165, 1.54) is 82.9 Å². The fourth-order valence-electron chi connectivity index (χ4n) is 8.39. The Labute approximate surface area is 375 Å². The van der Waals surface area contributed by atoms with Crippen molar-refractivity contribution in [1.82, 2.24) is 49.7 Å². The minimum Gasteiger partial charge on any atom is -0.378 e. The van der Waals surface area contributed by atoms with E-state index in [2.05, 4.69) is 35.5 Å². The monoisotopic (exact) mass is 940 g/mol. The first kappa shape index (κ1) is 47.8. The second kappa shape index (κ2) is 18.6. The summed E-state index contributed by atoms with van der Waals surface area (Å²) in [6, 6.07) is 7.80. The first-order valence-corrected chi connectivity index (χ1v) is 20.4. The molecule has 7 N–H and O–H groups in total. The molecule has 6 aromatic heterocycles. The zero-order valence-corrected chi connectivity index (χ0v) is 35.3. The number of alkyl halides is 6. The van der Waals surface area contributed by atoms with E-state index < -0.39 is 45.2 Å². The molecule has 2 atom stereocenters. The van der Waals surface area contributed by atoms with E-state index in [0.29, 0.717) is 37.3 Å². The first-order chi connectivity index (χ1) is 31.6. The fourth-order valence-corrected chi connectivity index (χ4v) is 8.39. The maximum Gasteiger partial charge on any atom is 0.421 e. The topological polar surface area (TPSA) is 281 Å². The molecule has 2 saturated heterocycles. The van der Waals surface area contributed by atoms with Gasteiger partial charge in [0.2, 0.25) is 11.6 Å². The van der Waals surface area contributed by atoms with Gasteiger partial charge in [0.05, 0.1) is 33.4 Å². The lowest BCUT2D eigenvalue weighted by molar-refractivity contribution is -0.383. The Balaban J connectivity index is 0.000000199. The van der Waals surface area contributed by atoms with Crippen LogP contribution in [0.4, 0.5) is 49.4 Å². The van der Waals surface area contributed by atoms with Crippen LogP contribution in [-0.4, -0.2) is 110 Å². The minimum absolute atomic E-state index is 0.171. The molecule has 0 spiro atoms. The molecule has 20 nitrogen and oxygen atoms in total. The first-order valence-electron chi connectivity index (χ1n) is 20.4. The lowest BCUT2D eigenvalue weighted by Crippen LogP contribution is -2.51. The predicted octanol–water partition coefficient (Wildman–Crippen LogP) is 5.48. The van der Waals surface area contributed by atoms with Crippen LogP contribution in [0.2, 0.25) is 0 Å². The van der Waals surface area contributed by atoms with E-state index in [0.717, 1.165) is 12.4 Å². The molecule has 2 unspecified atom stereocenters. The van der Waals surface area contributed by atoms with Crippen LogP contribution in [0, 0.1) is 32.1 Å². The average Bonchev–Trinajstić information content (AvgIpc) is 4.00. The number of nitrogen functional groups attached to an aromatic ring is 2. The van der Waals surface area contributed by atoms with Gasteiger partial charge in [-0.2, -0.15) is 36.5 Å². The van der Waals surface area contributed by atoms with Crippen LogP contribution in [0.15, 0.2) is 86.0 Å². The van der Waals surface area contributed by atoms with Crippen molar-refractivity contribution in [3.8, 4) is 33.9 Å². The van der Waals surface area contributed by atoms with E-state index >= 15 is 0 Å². The van der Waals surface area contributed by atoms with Crippen molar-refractivity contribution < 1.29 is 46.4 Å². The maximum absolute atomic E-state index is 14.0. The third kappa shape index (κ3) is 9.32. The van der Waals surface area contributed by atoms with Crippen molar-refractivity contribution in [3.05, 3.63) is 117 Å². The molecule has 0 aromatic carbocycles. The molecule has 0 saturated carbocycles. The van der Waals surface area contributed by atoms with Gasteiger partial charge in [0.15, 0.2) is 22.8 Å². The Hall–Kier alpha value is -7.16. The Morgan fingerprint density at radius 1 is 0.642 bits per heavy atom. The molecule has 354 valence electrons. The molecule has 67 heavy (non-hydrogen) atoms. The van der Waals surface area contributed by atoms with Gasteiger partial charge in [0.25, 0.3) is 0 Å². The molecule has 0 radical (unpaired) electrons. The number of anilines is 2. The molecule has 8 rings (SSSR count). The summed E-state index contributed by atoms with van der Waals surface area (Å²) in [4.78, 5) is 38.9.